The zero-order valence-corrected chi connectivity index (χ0v) is 22.3. The van der Waals surface area contributed by atoms with Gasteiger partial charge >= 0.3 is 0 Å². The standard InChI is InChI=1S/C17H23FN2.C13H16N2/c1-13-11-16(7-5-4-6-10-18)19-17(12-13)20-14(2)8-9-15(20)3;1-9-7-10(2)14-13(8-9)15-11(3)5-6-12(15)4/h8-9,11-12H,4-7,10H2,1-3H3;5-8H,1-4H3. The van der Waals surface area contributed by atoms with Crippen molar-refractivity contribution in [1.82, 2.24) is 19.1 Å². The molecule has 35 heavy (non-hydrogen) atoms. The van der Waals surface area contributed by atoms with Crippen LogP contribution >= 0.6 is 0 Å². The molecule has 0 aromatic carbocycles. The summed E-state index contributed by atoms with van der Waals surface area (Å²) in [4.78, 5) is 9.33. The lowest BCUT2D eigenvalue weighted by Gasteiger charge is -2.11. The second kappa shape index (κ2) is 12.0. The molecule has 4 aromatic rings. The van der Waals surface area contributed by atoms with Gasteiger partial charge in [-0.3, -0.25) is 4.39 Å². The number of hydrogen-bond donors (Lipinski definition) is 0. The van der Waals surface area contributed by atoms with Crippen LogP contribution in [0.15, 0.2) is 48.5 Å². The molecule has 0 unspecified atom stereocenters. The predicted molar refractivity (Wildman–Crippen MR) is 144 cm³/mol. The molecule has 5 heteroatoms. The summed E-state index contributed by atoms with van der Waals surface area (Å²) in [6, 6.07) is 16.9. The second-order valence-corrected chi connectivity index (χ2v) is 9.54. The number of halogens is 1. The predicted octanol–water partition coefficient (Wildman–Crippen LogP) is 7.59. The number of hydrogen-bond acceptors (Lipinski definition) is 2. The Bertz CT molecular complexity index is 1210. The summed E-state index contributed by atoms with van der Waals surface area (Å²) in [7, 11) is 0. The van der Waals surface area contributed by atoms with Crippen molar-refractivity contribution >= 4 is 0 Å². The van der Waals surface area contributed by atoms with Gasteiger partial charge in [-0.05, 0) is 127 Å². The summed E-state index contributed by atoms with van der Waals surface area (Å²) in [5.41, 5.74) is 9.50. The molecule has 0 bridgehead atoms. The van der Waals surface area contributed by atoms with E-state index >= 15 is 0 Å². The van der Waals surface area contributed by atoms with E-state index in [1.54, 1.807) is 0 Å². The lowest BCUT2D eigenvalue weighted by molar-refractivity contribution is 0.456. The molecular formula is C30H39FN4. The highest BCUT2D eigenvalue weighted by Gasteiger charge is 2.08. The van der Waals surface area contributed by atoms with Crippen LogP contribution in [0.4, 0.5) is 4.39 Å². The number of alkyl halides is 1. The Hall–Kier alpha value is -3.21. The smallest absolute Gasteiger partial charge is 0.137 e. The first-order valence-corrected chi connectivity index (χ1v) is 12.5. The minimum atomic E-state index is -0.214. The summed E-state index contributed by atoms with van der Waals surface area (Å²) in [6.45, 7) is 14.4. The van der Waals surface area contributed by atoms with Crippen LogP contribution in [0.1, 0.15) is 64.6 Å². The van der Waals surface area contributed by atoms with Gasteiger partial charge in [0.25, 0.3) is 0 Å². The highest BCUT2D eigenvalue weighted by molar-refractivity contribution is 5.36. The van der Waals surface area contributed by atoms with Gasteiger partial charge in [0.1, 0.15) is 11.6 Å². The average molecular weight is 475 g/mol. The molecule has 0 aliphatic heterocycles. The van der Waals surface area contributed by atoms with E-state index in [9.17, 15) is 4.39 Å². The molecule has 0 N–H and O–H groups in total. The summed E-state index contributed by atoms with van der Waals surface area (Å²) in [5, 5.41) is 0. The van der Waals surface area contributed by atoms with Crippen molar-refractivity contribution in [3.8, 4) is 11.6 Å². The first kappa shape index (κ1) is 26.4. The number of nitrogens with zero attached hydrogens (tertiary/aromatic N) is 4. The van der Waals surface area contributed by atoms with Crippen LogP contribution in [0, 0.1) is 48.5 Å². The van der Waals surface area contributed by atoms with Gasteiger partial charge in [0.2, 0.25) is 0 Å². The third-order valence-electron chi connectivity index (χ3n) is 6.16. The minimum Gasteiger partial charge on any atom is -0.303 e. The molecule has 0 fully saturated rings. The van der Waals surface area contributed by atoms with Gasteiger partial charge in [0, 0.05) is 34.2 Å². The van der Waals surface area contributed by atoms with Crippen LogP contribution in [0.5, 0.6) is 0 Å². The molecule has 186 valence electrons. The summed E-state index contributed by atoms with van der Waals surface area (Å²) >= 11 is 0. The Morgan fingerprint density at radius 3 is 1.57 bits per heavy atom. The fourth-order valence-corrected chi connectivity index (χ4v) is 4.53. The second-order valence-electron chi connectivity index (χ2n) is 9.54. The highest BCUT2D eigenvalue weighted by atomic mass is 19.1. The molecule has 4 nitrogen and oxygen atoms in total. The minimum absolute atomic E-state index is 0.214. The third kappa shape index (κ3) is 6.91. The van der Waals surface area contributed by atoms with Gasteiger partial charge in [0.05, 0.1) is 6.67 Å². The Morgan fingerprint density at radius 2 is 1.09 bits per heavy atom. The number of aryl methyl sites for hydroxylation is 8. The number of rotatable bonds is 7. The van der Waals surface area contributed by atoms with Gasteiger partial charge in [-0.1, -0.05) is 6.42 Å². The SMILES string of the molecule is Cc1cc(C)nc(-n2c(C)ccc2C)c1.Cc1cc(CCCCCF)nc(-n2c(C)ccc2C)c1. The zero-order chi connectivity index (χ0) is 25.5. The average Bonchev–Trinajstić information content (AvgIpc) is 3.30. The van der Waals surface area contributed by atoms with E-state index in [-0.39, 0.29) is 6.67 Å². The molecule has 4 rings (SSSR count). The normalized spacial score (nSPS) is 10.9. The summed E-state index contributed by atoms with van der Waals surface area (Å²) < 4.78 is 16.5. The molecule has 0 saturated carbocycles. The largest absolute Gasteiger partial charge is 0.303 e. The fourth-order valence-electron chi connectivity index (χ4n) is 4.53. The molecule has 0 amide bonds. The Kier molecular flexibility index (Phi) is 9.02. The van der Waals surface area contributed by atoms with Crippen molar-refractivity contribution in [2.45, 2.75) is 74.1 Å². The van der Waals surface area contributed by atoms with Crippen LogP contribution in [0.25, 0.3) is 11.6 Å². The number of aromatic nitrogens is 4. The lowest BCUT2D eigenvalue weighted by atomic mass is 10.1. The molecular weight excluding hydrogens is 435 g/mol. The van der Waals surface area contributed by atoms with E-state index in [0.717, 1.165) is 42.3 Å². The molecule has 0 aliphatic carbocycles. The van der Waals surface area contributed by atoms with Crippen molar-refractivity contribution < 1.29 is 4.39 Å². The van der Waals surface area contributed by atoms with Gasteiger partial charge in [-0.25, -0.2) is 9.97 Å². The van der Waals surface area contributed by atoms with Crippen molar-refractivity contribution in [3.05, 3.63) is 93.8 Å². The van der Waals surface area contributed by atoms with Crippen LogP contribution in [0.2, 0.25) is 0 Å². The summed E-state index contributed by atoms with van der Waals surface area (Å²) in [6.07, 6.45) is 3.52. The Morgan fingerprint density at radius 1 is 0.600 bits per heavy atom. The van der Waals surface area contributed by atoms with E-state index in [2.05, 4.69) is 104 Å². The fraction of sp³-hybridized carbons (Fsp3) is 0.400. The van der Waals surface area contributed by atoms with E-state index in [1.807, 2.05) is 6.92 Å². The van der Waals surface area contributed by atoms with E-state index in [4.69, 9.17) is 4.98 Å². The zero-order valence-electron chi connectivity index (χ0n) is 22.3. The van der Waals surface area contributed by atoms with E-state index < -0.39 is 0 Å². The first-order chi connectivity index (χ1) is 16.7. The third-order valence-corrected chi connectivity index (χ3v) is 6.16. The highest BCUT2D eigenvalue weighted by Crippen LogP contribution is 2.18. The molecule has 0 atom stereocenters. The van der Waals surface area contributed by atoms with Crippen LogP contribution < -0.4 is 0 Å². The van der Waals surface area contributed by atoms with E-state index in [1.165, 1.54) is 33.9 Å². The maximum atomic E-state index is 12.1. The summed E-state index contributed by atoms with van der Waals surface area (Å²) in [5.74, 6) is 2.01. The topological polar surface area (TPSA) is 35.6 Å². The van der Waals surface area contributed by atoms with Gasteiger partial charge in [-0.15, -0.1) is 0 Å². The van der Waals surface area contributed by atoms with Crippen molar-refractivity contribution in [2.24, 2.45) is 0 Å². The first-order valence-electron chi connectivity index (χ1n) is 12.5. The van der Waals surface area contributed by atoms with Gasteiger partial charge < -0.3 is 9.13 Å². The number of pyridine rings is 2. The van der Waals surface area contributed by atoms with Crippen molar-refractivity contribution in [1.29, 1.82) is 0 Å². The van der Waals surface area contributed by atoms with Crippen LogP contribution in [-0.2, 0) is 6.42 Å². The molecule has 4 aromatic heterocycles. The molecule has 0 aliphatic rings. The van der Waals surface area contributed by atoms with E-state index in [0.29, 0.717) is 6.42 Å². The number of unbranched alkanes of at least 4 members (excludes halogenated alkanes) is 2. The molecule has 4 heterocycles. The maximum absolute atomic E-state index is 12.1. The Balaban J connectivity index is 0.000000203. The Labute approximate surface area is 209 Å². The quantitative estimate of drug-likeness (QED) is 0.259. The van der Waals surface area contributed by atoms with Crippen LogP contribution in [0.3, 0.4) is 0 Å². The van der Waals surface area contributed by atoms with Gasteiger partial charge in [0.15, 0.2) is 0 Å². The lowest BCUT2D eigenvalue weighted by Crippen LogP contribution is -2.04. The van der Waals surface area contributed by atoms with Crippen molar-refractivity contribution in [3.63, 3.8) is 0 Å². The molecule has 0 radical (unpaired) electrons. The van der Waals surface area contributed by atoms with Gasteiger partial charge in [-0.2, -0.15) is 0 Å². The maximum Gasteiger partial charge on any atom is 0.137 e. The van der Waals surface area contributed by atoms with Crippen LogP contribution in [-0.4, -0.2) is 25.8 Å². The molecule has 0 spiro atoms. The van der Waals surface area contributed by atoms with Crippen molar-refractivity contribution in [2.75, 3.05) is 6.67 Å². The molecule has 0 saturated heterocycles. The monoisotopic (exact) mass is 474 g/mol.